The van der Waals surface area contributed by atoms with Crippen LogP contribution in [0.5, 0.6) is 0 Å². The minimum absolute atomic E-state index is 0.0270. The summed E-state index contributed by atoms with van der Waals surface area (Å²) in [6, 6.07) is 5.47. The van der Waals surface area contributed by atoms with Crippen molar-refractivity contribution in [3.63, 3.8) is 0 Å². The maximum Gasteiger partial charge on any atom is 0.303 e. The van der Waals surface area contributed by atoms with Gasteiger partial charge in [-0.1, -0.05) is 50.8 Å². The fourth-order valence-electron chi connectivity index (χ4n) is 2.72. The number of carbonyl (C=O) groups excluding carboxylic acids is 2. The van der Waals surface area contributed by atoms with E-state index in [4.69, 9.17) is 16.7 Å². The molecular formula is C20H29ClN2O4. The Hall–Kier alpha value is -2.08. The molecule has 6 nitrogen and oxygen atoms in total. The molecule has 1 aromatic carbocycles. The average molecular weight is 397 g/mol. The quantitative estimate of drug-likeness (QED) is 0.502. The van der Waals surface area contributed by atoms with E-state index in [9.17, 15) is 14.4 Å². The van der Waals surface area contributed by atoms with Gasteiger partial charge in [-0.25, -0.2) is 0 Å². The highest BCUT2D eigenvalue weighted by atomic mass is 35.5. The van der Waals surface area contributed by atoms with Gasteiger partial charge in [-0.15, -0.1) is 0 Å². The normalized spacial score (nSPS) is 12.9. The van der Waals surface area contributed by atoms with Crippen molar-refractivity contribution in [1.29, 1.82) is 0 Å². The standard InChI is InChI=1S/C20H29ClN2O4/c1-3-5-7-14(4-2)13-22-20(27)17(10-11-18(24)25)23-19(26)15-8-6-9-16(21)12-15/h6,8-9,12,14,17H,3-5,7,10-11,13H2,1-2H3,(H,22,27)(H,23,26)(H,24,25)/t14?,17-/m1/s1. The second-order valence-corrected chi connectivity index (χ2v) is 7.07. The maximum atomic E-state index is 12.5. The largest absolute Gasteiger partial charge is 0.481 e. The summed E-state index contributed by atoms with van der Waals surface area (Å²) >= 11 is 5.90. The first-order valence-electron chi connectivity index (χ1n) is 9.43. The lowest BCUT2D eigenvalue weighted by Crippen LogP contribution is -2.48. The van der Waals surface area contributed by atoms with Gasteiger partial charge in [0.2, 0.25) is 5.91 Å². The van der Waals surface area contributed by atoms with Gasteiger partial charge in [0, 0.05) is 23.6 Å². The van der Waals surface area contributed by atoms with Gasteiger partial charge >= 0.3 is 5.97 Å². The molecular weight excluding hydrogens is 368 g/mol. The van der Waals surface area contributed by atoms with Crippen LogP contribution in [0, 0.1) is 5.92 Å². The number of rotatable bonds is 12. The number of unbranched alkanes of at least 4 members (excludes halogenated alkanes) is 1. The molecule has 0 heterocycles. The van der Waals surface area contributed by atoms with E-state index in [-0.39, 0.29) is 18.7 Å². The van der Waals surface area contributed by atoms with Crippen molar-refractivity contribution in [3.8, 4) is 0 Å². The Kier molecular flexibility index (Phi) is 10.5. The van der Waals surface area contributed by atoms with Crippen molar-refractivity contribution in [2.24, 2.45) is 5.92 Å². The first-order valence-corrected chi connectivity index (χ1v) is 9.81. The summed E-state index contributed by atoms with van der Waals surface area (Å²) in [4.78, 5) is 35.8. The van der Waals surface area contributed by atoms with Crippen LogP contribution in [0.1, 0.15) is 62.7 Å². The Labute approximate surface area is 165 Å². The zero-order valence-electron chi connectivity index (χ0n) is 16.0. The zero-order valence-corrected chi connectivity index (χ0v) is 16.7. The van der Waals surface area contributed by atoms with E-state index in [0.717, 1.165) is 25.7 Å². The molecule has 1 aromatic rings. The second-order valence-electron chi connectivity index (χ2n) is 6.63. The van der Waals surface area contributed by atoms with E-state index in [1.165, 1.54) is 6.07 Å². The number of carboxylic acids is 1. The van der Waals surface area contributed by atoms with E-state index < -0.39 is 17.9 Å². The molecule has 0 bridgehead atoms. The highest BCUT2D eigenvalue weighted by Crippen LogP contribution is 2.13. The summed E-state index contributed by atoms with van der Waals surface area (Å²) in [6.07, 6.45) is 4.00. The molecule has 0 aliphatic heterocycles. The lowest BCUT2D eigenvalue weighted by molar-refractivity contribution is -0.137. The van der Waals surface area contributed by atoms with Gasteiger partial charge < -0.3 is 15.7 Å². The van der Waals surface area contributed by atoms with Crippen LogP contribution in [0.15, 0.2) is 24.3 Å². The van der Waals surface area contributed by atoms with Gasteiger partial charge in [0.15, 0.2) is 0 Å². The van der Waals surface area contributed by atoms with Gasteiger partial charge in [-0.3, -0.25) is 14.4 Å². The Morgan fingerprint density at radius 1 is 1.19 bits per heavy atom. The van der Waals surface area contributed by atoms with Crippen LogP contribution >= 0.6 is 11.6 Å². The molecule has 0 fully saturated rings. The lowest BCUT2D eigenvalue weighted by Gasteiger charge is -2.20. The van der Waals surface area contributed by atoms with Crippen molar-refractivity contribution in [3.05, 3.63) is 34.9 Å². The molecule has 1 unspecified atom stereocenters. The minimum Gasteiger partial charge on any atom is -0.481 e. The molecule has 0 aliphatic carbocycles. The Bertz CT molecular complexity index is 636. The van der Waals surface area contributed by atoms with Gasteiger partial charge in [0.25, 0.3) is 5.91 Å². The maximum absolute atomic E-state index is 12.5. The number of benzene rings is 1. The number of halogens is 1. The molecule has 150 valence electrons. The number of nitrogens with one attached hydrogen (secondary N) is 2. The Morgan fingerprint density at radius 3 is 2.52 bits per heavy atom. The zero-order chi connectivity index (χ0) is 20.2. The van der Waals surface area contributed by atoms with Gasteiger partial charge in [0.05, 0.1) is 0 Å². The van der Waals surface area contributed by atoms with E-state index >= 15 is 0 Å². The predicted molar refractivity (Wildman–Crippen MR) is 106 cm³/mol. The van der Waals surface area contributed by atoms with E-state index in [1.54, 1.807) is 18.2 Å². The molecule has 7 heteroatoms. The lowest BCUT2D eigenvalue weighted by atomic mass is 9.99. The average Bonchev–Trinajstić information content (AvgIpc) is 2.64. The molecule has 0 radical (unpaired) electrons. The van der Waals surface area contributed by atoms with Crippen LogP contribution in [-0.4, -0.2) is 35.5 Å². The highest BCUT2D eigenvalue weighted by Gasteiger charge is 2.23. The summed E-state index contributed by atoms with van der Waals surface area (Å²) in [5.41, 5.74) is 0.324. The Morgan fingerprint density at radius 2 is 1.93 bits per heavy atom. The van der Waals surface area contributed by atoms with E-state index in [1.807, 2.05) is 0 Å². The topological polar surface area (TPSA) is 95.5 Å². The third kappa shape index (κ3) is 8.91. The third-order valence-corrected chi connectivity index (χ3v) is 4.70. The molecule has 0 saturated heterocycles. The molecule has 3 N–H and O–H groups in total. The van der Waals surface area contributed by atoms with E-state index in [0.29, 0.717) is 23.0 Å². The van der Waals surface area contributed by atoms with Crippen LogP contribution < -0.4 is 10.6 Å². The number of carboxylic acid groups (broad SMARTS) is 1. The molecule has 0 aromatic heterocycles. The van der Waals surface area contributed by atoms with Crippen molar-refractivity contribution in [2.75, 3.05) is 6.54 Å². The van der Waals surface area contributed by atoms with Crippen LogP contribution in [0.2, 0.25) is 5.02 Å². The predicted octanol–water partition coefficient (Wildman–Crippen LogP) is 3.64. The number of aliphatic carboxylic acids is 1. The van der Waals surface area contributed by atoms with Crippen molar-refractivity contribution >= 4 is 29.4 Å². The highest BCUT2D eigenvalue weighted by molar-refractivity contribution is 6.31. The molecule has 2 atom stereocenters. The van der Waals surface area contributed by atoms with Crippen LogP contribution in [0.3, 0.4) is 0 Å². The molecule has 1 rings (SSSR count). The smallest absolute Gasteiger partial charge is 0.303 e. The molecule has 2 amide bonds. The molecule has 0 aliphatic rings. The summed E-state index contributed by atoms with van der Waals surface area (Å²) in [7, 11) is 0. The fraction of sp³-hybridized carbons (Fsp3) is 0.550. The van der Waals surface area contributed by atoms with Gasteiger partial charge in [-0.05, 0) is 37.0 Å². The van der Waals surface area contributed by atoms with E-state index in [2.05, 4.69) is 24.5 Å². The number of hydrogen-bond donors (Lipinski definition) is 3. The SMILES string of the molecule is CCCCC(CC)CNC(=O)[C@@H](CCC(=O)O)NC(=O)c1cccc(Cl)c1. The summed E-state index contributed by atoms with van der Waals surface area (Å²) in [5, 5.41) is 14.8. The van der Waals surface area contributed by atoms with Gasteiger partial charge in [0.1, 0.15) is 6.04 Å². The summed E-state index contributed by atoms with van der Waals surface area (Å²) in [5.74, 6) is -1.46. The molecule has 0 spiro atoms. The van der Waals surface area contributed by atoms with Crippen molar-refractivity contribution in [2.45, 2.75) is 58.4 Å². The molecule has 27 heavy (non-hydrogen) atoms. The summed E-state index contributed by atoms with van der Waals surface area (Å²) < 4.78 is 0. The monoisotopic (exact) mass is 396 g/mol. The first kappa shape index (κ1) is 23.0. The Balaban J connectivity index is 2.72. The minimum atomic E-state index is -1.01. The van der Waals surface area contributed by atoms with Crippen molar-refractivity contribution < 1.29 is 19.5 Å². The van der Waals surface area contributed by atoms with Crippen LogP contribution in [-0.2, 0) is 9.59 Å². The third-order valence-electron chi connectivity index (χ3n) is 4.46. The number of carbonyl (C=O) groups is 3. The van der Waals surface area contributed by atoms with Crippen LogP contribution in [0.4, 0.5) is 0 Å². The fourth-order valence-corrected chi connectivity index (χ4v) is 2.91. The summed E-state index contributed by atoms with van der Waals surface area (Å²) in [6.45, 7) is 4.72. The first-order chi connectivity index (χ1) is 12.9. The second kappa shape index (κ2) is 12.3. The van der Waals surface area contributed by atoms with Gasteiger partial charge in [-0.2, -0.15) is 0 Å². The van der Waals surface area contributed by atoms with Crippen LogP contribution in [0.25, 0.3) is 0 Å². The molecule has 0 saturated carbocycles. The van der Waals surface area contributed by atoms with Crippen molar-refractivity contribution in [1.82, 2.24) is 10.6 Å². The number of amides is 2. The number of hydrogen-bond acceptors (Lipinski definition) is 3.